The van der Waals surface area contributed by atoms with Crippen LogP contribution in [-0.2, 0) is 17.8 Å². The van der Waals surface area contributed by atoms with Gasteiger partial charge in [-0.2, -0.15) is 0 Å². The average Bonchev–Trinajstić information content (AvgIpc) is 2.74. The van der Waals surface area contributed by atoms with Gasteiger partial charge in [-0.25, -0.2) is 0 Å². The minimum absolute atomic E-state index is 0.165. The Labute approximate surface area is 177 Å². The lowest BCUT2D eigenvalue weighted by atomic mass is 9.97. The smallest absolute Gasteiger partial charge is 0.245 e. The van der Waals surface area contributed by atoms with E-state index in [4.69, 9.17) is 5.73 Å². The van der Waals surface area contributed by atoms with Crippen molar-refractivity contribution >= 4 is 17.3 Å². The number of carbonyl (C=O) groups is 1. The van der Waals surface area contributed by atoms with Gasteiger partial charge < -0.3 is 21.3 Å². The standard InChI is InChI=1S/C24H42N4O/c1-16(2)7-10-28-15-20-13-19(11-17(3)4)21(26-9-8-25)14-22(20)27-23(24(28)29)12-18(5)6/h13-14,16-18,23,26-27H,7-12,15,25H2,1-6H3/t23-/m0/s1. The number of hydrogen-bond donors (Lipinski definition) is 3. The molecule has 0 spiro atoms. The molecule has 0 saturated carbocycles. The Bertz CT molecular complexity index is 669. The topological polar surface area (TPSA) is 70.4 Å². The average molecular weight is 403 g/mol. The fourth-order valence-corrected chi connectivity index (χ4v) is 3.93. The number of nitrogens with zero attached hydrogens (tertiary/aromatic N) is 1. The van der Waals surface area contributed by atoms with Crippen LogP contribution in [0.25, 0.3) is 0 Å². The molecule has 29 heavy (non-hydrogen) atoms. The molecule has 1 amide bonds. The molecule has 1 heterocycles. The van der Waals surface area contributed by atoms with Crippen LogP contribution < -0.4 is 16.4 Å². The van der Waals surface area contributed by atoms with Crippen molar-refractivity contribution in [3.63, 3.8) is 0 Å². The minimum atomic E-state index is -0.165. The summed E-state index contributed by atoms with van der Waals surface area (Å²) in [7, 11) is 0. The van der Waals surface area contributed by atoms with Gasteiger partial charge in [0.05, 0.1) is 0 Å². The maximum absolute atomic E-state index is 13.3. The first kappa shape index (κ1) is 23.5. The summed E-state index contributed by atoms with van der Waals surface area (Å²) in [5, 5.41) is 7.09. The van der Waals surface area contributed by atoms with E-state index >= 15 is 0 Å². The lowest BCUT2D eigenvalue weighted by Crippen LogP contribution is -2.41. The Balaban J connectivity index is 2.42. The number of rotatable bonds is 10. The Morgan fingerprint density at radius 3 is 2.45 bits per heavy atom. The number of nitrogens with one attached hydrogen (secondary N) is 2. The molecule has 0 bridgehead atoms. The van der Waals surface area contributed by atoms with Crippen molar-refractivity contribution in [1.82, 2.24) is 4.90 Å². The molecule has 0 aromatic heterocycles. The van der Waals surface area contributed by atoms with Crippen molar-refractivity contribution in [2.75, 3.05) is 30.3 Å². The van der Waals surface area contributed by atoms with Gasteiger partial charge in [-0.1, -0.05) is 41.5 Å². The quantitative estimate of drug-likeness (QED) is 0.540. The van der Waals surface area contributed by atoms with Crippen molar-refractivity contribution in [2.24, 2.45) is 23.5 Å². The van der Waals surface area contributed by atoms with E-state index in [1.54, 1.807) is 0 Å². The zero-order valence-electron chi connectivity index (χ0n) is 19.3. The molecule has 5 heteroatoms. The van der Waals surface area contributed by atoms with Gasteiger partial charge in [0.15, 0.2) is 0 Å². The monoisotopic (exact) mass is 402 g/mol. The maximum Gasteiger partial charge on any atom is 0.245 e. The second-order valence-corrected chi connectivity index (χ2v) is 9.75. The van der Waals surface area contributed by atoms with Gasteiger partial charge in [-0.3, -0.25) is 4.79 Å². The summed E-state index contributed by atoms with van der Waals surface area (Å²) in [4.78, 5) is 15.4. The number of anilines is 2. The highest BCUT2D eigenvalue weighted by molar-refractivity contribution is 5.87. The molecule has 1 aromatic carbocycles. The van der Waals surface area contributed by atoms with Gasteiger partial charge in [-0.05, 0) is 60.3 Å². The molecular formula is C24H42N4O. The van der Waals surface area contributed by atoms with E-state index < -0.39 is 0 Å². The van der Waals surface area contributed by atoms with Crippen molar-refractivity contribution < 1.29 is 4.79 Å². The third-order valence-corrected chi connectivity index (χ3v) is 5.40. The van der Waals surface area contributed by atoms with Crippen LogP contribution in [0.4, 0.5) is 11.4 Å². The second-order valence-electron chi connectivity index (χ2n) is 9.75. The number of fused-ring (bicyclic) bond motifs is 1. The summed E-state index contributed by atoms with van der Waals surface area (Å²) >= 11 is 0. The minimum Gasteiger partial charge on any atom is -0.383 e. The molecule has 0 aliphatic carbocycles. The van der Waals surface area contributed by atoms with Crippen LogP contribution in [0.15, 0.2) is 12.1 Å². The van der Waals surface area contributed by atoms with E-state index in [0.717, 1.165) is 43.7 Å². The van der Waals surface area contributed by atoms with Crippen LogP contribution in [0.2, 0.25) is 0 Å². The van der Waals surface area contributed by atoms with Gasteiger partial charge in [0, 0.05) is 37.6 Å². The Morgan fingerprint density at radius 2 is 1.86 bits per heavy atom. The molecule has 2 rings (SSSR count). The van der Waals surface area contributed by atoms with Crippen LogP contribution in [0.5, 0.6) is 0 Å². The zero-order valence-corrected chi connectivity index (χ0v) is 19.3. The van der Waals surface area contributed by atoms with Gasteiger partial charge in [0.25, 0.3) is 0 Å². The Hall–Kier alpha value is -1.75. The van der Waals surface area contributed by atoms with Crippen LogP contribution in [0.3, 0.4) is 0 Å². The predicted molar refractivity (Wildman–Crippen MR) is 124 cm³/mol. The maximum atomic E-state index is 13.3. The molecule has 0 radical (unpaired) electrons. The lowest BCUT2D eigenvalue weighted by molar-refractivity contribution is -0.132. The molecule has 1 aromatic rings. The third-order valence-electron chi connectivity index (χ3n) is 5.40. The Morgan fingerprint density at radius 1 is 1.14 bits per heavy atom. The molecule has 0 unspecified atom stereocenters. The molecule has 0 saturated heterocycles. The molecule has 164 valence electrons. The van der Waals surface area contributed by atoms with Crippen molar-refractivity contribution in [3.8, 4) is 0 Å². The fraction of sp³-hybridized carbons (Fsp3) is 0.708. The molecule has 1 aliphatic rings. The zero-order chi connectivity index (χ0) is 21.6. The first-order valence-electron chi connectivity index (χ1n) is 11.4. The van der Waals surface area contributed by atoms with Crippen LogP contribution >= 0.6 is 0 Å². The highest BCUT2D eigenvalue weighted by Gasteiger charge is 2.30. The molecule has 4 N–H and O–H groups in total. The van der Waals surface area contributed by atoms with Gasteiger partial charge in [0.2, 0.25) is 5.91 Å². The molecule has 5 nitrogen and oxygen atoms in total. The number of benzene rings is 1. The summed E-state index contributed by atoms with van der Waals surface area (Å²) in [5.74, 6) is 1.84. The van der Waals surface area contributed by atoms with Crippen molar-refractivity contribution in [3.05, 3.63) is 23.3 Å². The van der Waals surface area contributed by atoms with E-state index in [0.29, 0.717) is 30.8 Å². The summed E-state index contributed by atoms with van der Waals surface area (Å²) in [6.07, 6.45) is 2.88. The van der Waals surface area contributed by atoms with E-state index in [1.807, 2.05) is 0 Å². The number of hydrogen-bond acceptors (Lipinski definition) is 4. The summed E-state index contributed by atoms with van der Waals surface area (Å²) in [5.41, 5.74) is 10.5. The largest absolute Gasteiger partial charge is 0.383 e. The summed E-state index contributed by atoms with van der Waals surface area (Å²) < 4.78 is 0. The van der Waals surface area contributed by atoms with Gasteiger partial charge in [0.1, 0.15) is 6.04 Å². The fourth-order valence-electron chi connectivity index (χ4n) is 3.93. The highest BCUT2D eigenvalue weighted by Crippen LogP contribution is 2.32. The normalized spacial score (nSPS) is 17.0. The van der Waals surface area contributed by atoms with Crippen LogP contribution in [-0.4, -0.2) is 36.5 Å². The van der Waals surface area contributed by atoms with Crippen LogP contribution in [0.1, 0.15) is 65.5 Å². The first-order valence-corrected chi connectivity index (χ1v) is 11.4. The molecular weight excluding hydrogens is 360 g/mol. The predicted octanol–water partition coefficient (Wildman–Crippen LogP) is 4.47. The first-order chi connectivity index (χ1) is 13.7. The van der Waals surface area contributed by atoms with E-state index in [9.17, 15) is 4.79 Å². The molecule has 0 fully saturated rings. The van der Waals surface area contributed by atoms with E-state index in [2.05, 4.69) is 69.2 Å². The van der Waals surface area contributed by atoms with Gasteiger partial charge in [-0.15, -0.1) is 0 Å². The third kappa shape index (κ3) is 6.91. The van der Waals surface area contributed by atoms with E-state index in [1.165, 1.54) is 11.1 Å². The lowest BCUT2D eigenvalue weighted by Gasteiger charge is -2.26. The molecule has 1 atom stereocenters. The Kier molecular flexibility index (Phi) is 8.81. The van der Waals surface area contributed by atoms with E-state index in [-0.39, 0.29) is 11.9 Å². The van der Waals surface area contributed by atoms with Crippen molar-refractivity contribution in [2.45, 2.75) is 73.4 Å². The number of amides is 1. The van der Waals surface area contributed by atoms with Crippen molar-refractivity contribution in [1.29, 1.82) is 0 Å². The molecule has 1 aliphatic heterocycles. The second kappa shape index (κ2) is 10.9. The van der Waals surface area contributed by atoms with Crippen LogP contribution in [0, 0.1) is 17.8 Å². The number of nitrogens with two attached hydrogens (primary N) is 1. The summed E-state index contributed by atoms with van der Waals surface area (Å²) in [6, 6.07) is 4.34. The van der Waals surface area contributed by atoms with Gasteiger partial charge >= 0.3 is 0 Å². The number of carbonyl (C=O) groups excluding carboxylic acids is 1. The summed E-state index contributed by atoms with van der Waals surface area (Å²) in [6.45, 7) is 16.1. The SMILES string of the molecule is CC(C)CCN1Cc2cc(CC(C)C)c(NCCN)cc2N[C@@H](CC(C)C)C1=O. The highest BCUT2D eigenvalue weighted by atomic mass is 16.2.